The predicted octanol–water partition coefficient (Wildman–Crippen LogP) is 1.90. The lowest BCUT2D eigenvalue weighted by atomic mass is 10.0. The molecule has 0 radical (unpaired) electrons. The van der Waals surface area contributed by atoms with Gasteiger partial charge in [0.25, 0.3) is 0 Å². The molecule has 1 atom stereocenters. The summed E-state index contributed by atoms with van der Waals surface area (Å²) in [5.41, 5.74) is 0.722. The molecule has 0 bridgehead atoms. The quantitative estimate of drug-likeness (QED) is 0.615. The van der Waals surface area contributed by atoms with Crippen LogP contribution in [0, 0.1) is 0 Å². The number of rotatable bonds is 6. The number of hydrogen-bond donors (Lipinski definition) is 0. The first-order valence-corrected chi connectivity index (χ1v) is 14.2. The highest BCUT2D eigenvalue weighted by atomic mass is 32.2. The maximum Gasteiger partial charge on any atom is 0.243 e. The van der Waals surface area contributed by atoms with Gasteiger partial charge in [-0.1, -0.05) is 55.0 Å². The van der Waals surface area contributed by atoms with E-state index in [1.807, 2.05) is 6.07 Å². The summed E-state index contributed by atoms with van der Waals surface area (Å²) in [4.78, 5) is 15.1. The van der Waals surface area contributed by atoms with E-state index in [2.05, 4.69) is 0 Å². The molecule has 2 aliphatic heterocycles. The Kier molecular flexibility index (Phi) is 7.18. The second-order valence-electron chi connectivity index (χ2n) is 8.41. The third kappa shape index (κ3) is 5.29. The Labute approximate surface area is 195 Å². The van der Waals surface area contributed by atoms with Crippen molar-refractivity contribution in [3.8, 4) is 0 Å². The van der Waals surface area contributed by atoms with E-state index in [9.17, 15) is 21.6 Å². The first-order valence-electron chi connectivity index (χ1n) is 11.2. The van der Waals surface area contributed by atoms with E-state index in [1.165, 1.54) is 8.61 Å². The van der Waals surface area contributed by atoms with Crippen molar-refractivity contribution >= 4 is 26.0 Å². The van der Waals surface area contributed by atoms with Crippen LogP contribution in [0.1, 0.15) is 24.8 Å². The van der Waals surface area contributed by atoms with Gasteiger partial charge in [-0.3, -0.25) is 4.79 Å². The van der Waals surface area contributed by atoms with E-state index in [1.54, 1.807) is 59.5 Å². The van der Waals surface area contributed by atoms with E-state index < -0.39 is 26.1 Å². The minimum absolute atomic E-state index is 0.0759. The lowest BCUT2D eigenvalue weighted by molar-refractivity contribution is -0.137. The first-order chi connectivity index (χ1) is 15.8. The van der Waals surface area contributed by atoms with Crippen molar-refractivity contribution < 1.29 is 21.6 Å². The van der Waals surface area contributed by atoms with E-state index in [0.717, 1.165) is 12.0 Å². The van der Waals surface area contributed by atoms with Crippen LogP contribution in [0.2, 0.25) is 0 Å². The Balaban J connectivity index is 1.43. The number of piperazine rings is 1. The van der Waals surface area contributed by atoms with Crippen LogP contribution in [0.25, 0.3) is 0 Å². The summed E-state index contributed by atoms with van der Waals surface area (Å²) in [6.45, 7) is 1.22. The summed E-state index contributed by atoms with van der Waals surface area (Å²) in [6, 6.07) is 16.4. The fourth-order valence-corrected chi connectivity index (χ4v) is 7.63. The zero-order valence-corrected chi connectivity index (χ0v) is 20.0. The van der Waals surface area contributed by atoms with Gasteiger partial charge in [0.05, 0.1) is 10.6 Å². The van der Waals surface area contributed by atoms with Crippen LogP contribution in [0.3, 0.4) is 0 Å². The average Bonchev–Trinajstić information content (AvgIpc) is 2.84. The molecule has 10 heteroatoms. The number of hydrogen-bond acceptors (Lipinski definition) is 5. The normalized spacial score (nSPS) is 21.1. The molecule has 1 amide bonds. The van der Waals surface area contributed by atoms with E-state index in [-0.39, 0.29) is 42.7 Å². The Bertz CT molecular complexity index is 1160. The third-order valence-corrected chi connectivity index (χ3v) is 10.00. The Morgan fingerprint density at radius 3 is 2.03 bits per heavy atom. The highest BCUT2D eigenvalue weighted by Gasteiger charge is 2.40. The molecule has 0 spiro atoms. The highest BCUT2D eigenvalue weighted by molar-refractivity contribution is 7.89. The lowest BCUT2D eigenvalue weighted by Gasteiger charge is -2.40. The lowest BCUT2D eigenvalue weighted by Crippen LogP contribution is -2.57. The maximum absolute atomic E-state index is 13.3. The van der Waals surface area contributed by atoms with Gasteiger partial charge in [0, 0.05) is 32.7 Å². The van der Waals surface area contributed by atoms with Crippen molar-refractivity contribution in [3.63, 3.8) is 0 Å². The number of amides is 1. The van der Waals surface area contributed by atoms with Crippen LogP contribution in [0.5, 0.6) is 0 Å². The monoisotopic (exact) mass is 491 g/mol. The van der Waals surface area contributed by atoms with Gasteiger partial charge in [0.2, 0.25) is 26.0 Å². The Morgan fingerprint density at radius 2 is 1.39 bits per heavy atom. The zero-order valence-electron chi connectivity index (χ0n) is 18.4. The SMILES string of the molecule is O=C([C@H]1CCCCN1S(=O)(=O)c1ccccc1)N1CCN(S(=O)(=O)Cc2ccccc2)CC1. The second-order valence-corrected chi connectivity index (χ2v) is 12.3. The van der Waals surface area contributed by atoms with E-state index >= 15 is 0 Å². The third-order valence-electron chi connectivity index (χ3n) is 6.22. The molecule has 2 aromatic carbocycles. The fourth-order valence-electron chi connectivity index (χ4n) is 4.44. The average molecular weight is 492 g/mol. The molecule has 2 aliphatic rings. The largest absolute Gasteiger partial charge is 0.339 e. The van der Waals surface area contributed by atoms with Gasteiger partial charge in [-0.25, -0.2) is 16.8 Å². The van der Waals surface area contributed by atoms with Gasteiger partial charge in [-0.2, -0.15) is 8.61 Å². The maximum atomic E-state index is 13.3. The van der Waals surface area contributed by atoms with Crippen LogP contribution in [0.15, 0.2) is 65.6 Å². The first kappa shape index (κ1) is 23.9. The smallest absolute Gasteiger partial charge is 0.243 e. The summed E-state index contributed by atoms with van der Waals surface area (Å²) in [7, 11) is -7.28. The molecular formula is C23H29N3O5S2. The van der Waals surface area contributed by atoms with E-state index in [0.29, 0.717) is 19.4 Å². The molecule has 2 aromatic rings. The minimum atomic E-state index is -3.78. The number of nitrogens with zero attached hydrogens (tertiary/aromatic N) is 3. The molecule has 0 aromatic heterocycles. The van der Waals surface area contributed by atoms with Gasteiger partial charge < -0.3 is 4.90 Å². The van der Waals surface area contributed by atoms with Crippen molar-refractivity contribution in [1.29, 1.82) is 0 Å². The van der Waals surface area contributed by atoms with Crippen LogP contribution < -0.4 is 0 Å². The standard InChI is InChI=1S/C23H29N3O5S2/c27-23(22-13-7-8-14-26(22)33(30,31)21-11-5-2-6-12-21)24-15-17-25(18-16-24)32(28,29)19-20-9-3-1-4-10-20/h1-6,9-12,22H,7-8,13-19H2/t22-/m1/s1. The molecule has 33 heavy (non-hydrogen) atoms. The van der Waals surface area contributed by atoms with Crippen molar-refractivity contribution in [2.45, 2.75) is 36.0 Å². The van der Waals surface area contributed by atoms with Gasteiger partial charge >= 0.3 is 0 Å². The molecule has 4 rings (SSSR count). The van der Waals surface area contributed by atoms with Gasteiger partial charge in [0.1, 0.15) is 6.04 Å². The number of benzene rings is 2. The van der Waals surface area contributed by atoms with Crippen LogP contribution in [0.4, 0.5) is 0 Å². The zero-order chi connectivity index (χ0) is 23.5. The summed E-state index contributed by atoms with van der Waals surface area (Å²) < 4.78 is 54.8. The van der Waals surface area contributed by atoms with Crippen molar-refractivity contribution in [1.82, 2.24) is 13.5 Å². The molecule has 2 fully saturated rings. The van der Waals surface area contributed by atoms with Gasteiger partial charge in [0.15, 0.2) is 0 Å². The molecule has 2 heterocycles. The Morgan fingerprint density at radius 1 is 0.788 bits per heavy atom. The number of piperidine rings is 1. The summed E-state index contributed by atoms with van der Waals surface area (Å²) in [5.74, 6) is -0.317. The molecule has 0 aliphatic carbocycles. The van der Waals surface area contributed by atoms with Crippen molar-refractivity contribution in [2.24, 2.45) is 0 Å². The number of carbonyl (C=O) groups excluding carboxylic acids is 1. The summed E-state index contributed by atoms with van der Waals surface area (Å²) >= 11 is 0. The summed E-state index contributed by atoms with van der Waals surface area (Å²) in [5, 5.41) is 0. The number of carbonyl (C=O) groups is 1. The van der Waals surface area contributed by atoms with E-state index in [4.69, 9.17) is 0 Å². The predicted molar refractivity (Wildman–Crippen MR) is 125 cm³/mol. The Hall–Kier alpha value is -2.27. The van der Waals surface area contributed by atoms with Crippen LogP contribution in [-0.2, 0) is 30.6 Å². The molecule has 0 N–H and O–H groups in total. The summed E-state index contributed by atoms with van der Waals surface area (Å²) in [6.07, 6.45) is 1.96. The molecular weight excluding hydrogens is 462 g/mol. The van der Waals surface area contributed by atoms with Gasteiger partial charge in [-0.15, -0.1) is 0 Å². The molecule has 0 unspecified atom stereocenters. The fraction of sp³-hybridized carbons (Fsp3) is 0.435. The van der Waals surface area contributed by atoms with Crippen molar-refractivity contribution in [3.05, 3.63) is 66.2 Å². The molecule has 2 saturated heterocycles. The molecule has 0 saturated carbocycles. The molecule has 178 valence electrons. The minimum Gasteiger partial charge on any atom is -0.339 e. The van der Waals surface area contributed by atoms with Crippen molar-refractivity contribution in [2.75, 3.05) is 32.7 Å². The number of sulfonamides is 2. The van der Waals surface area contributed by atoms with Crippen LogP contribution >= 0.6 is 0 Å². The second kappa shape index (κ2) is 9.92. The van der Waals surface area contributed by atoms with Crippen LogP contribution in [-0.4, -0.2) is 75.0 Å². The topological polar surface area (TPSA) is 95.1 Å². The molecule has 8 nitrogen and oxygen atoms in total. The highest BCUT2D eigenvalue weighted by Crippen LogP contribution is 2.27. The van der Waals surface area contributed by atoms with Gasteiger partial charge in [-0.05, 0) is 30.5 Å².